The molecule has 1 amide bonds. The first-order valence-electron chi connectivity index (χ1n) is 5.83. The molecule has 0 saturated carbocycles. The lowest BCUT2D eigenvalue weighted by Crippen LogP contribution is -2.25. The molecule has 92 valence electrons. The van der Waals surface area contributed by atoms with Crippen LogP contribution in [-0.2, 0) is 11.3 Å². The fourth-order valence-corrected chi connectivity index (χ4v) is 2.12. The first-order valence-corrected chi connectivity index (χ1v) is 5.83. The van der Waals surface area contributed by atoms with Gasteiger partial charge >= 0.3 is 0 Å². The average Bonchev–Trinajstić information content (AvgIpc) is 2.71. The highest BCUT2D eigenvalue weighted by Crippen LogP contribution is 2.20. The highest BCUT2D eigenvalue weighted by Gasteiger charge is 2.28. The maximum absolute atomic E-state index is 11.7. The minimum absolute atomic E-state index is 0.205. The molecule has 17 heavy (non-hydrogen) atoms. The summed E-state index contributed by atoms with van der Waals surface area (Å²) in [5.74, 6) is 1.36. The highest BCUT2D eigenvalue weighted by atomic mass is 16.5. The van der Waals surface area contributed by atoms with E-state index in [1.165, 1.54) is 0 Å². The monoisotopic (exact) mass is 234 g/mol. The summed E-state index contributed by atoms with van der Waals surface area (Å²) in [5, 5.41) is 0. The molecule has 1 atom stereocenters. The average molecular weight is 234 g/mol. The molecule has 1 aromatic carbocycles. The Morgan fingerprint density at radius 3 is 2.65 bits per heavy atom. The van der Waals surface area contributed by atoms with Crippen LogP contribution in [0.25, 0.3) is 0 Å². The van der Waals surface area contributed by atoms with Crippen molar-refractivity contribution in [1.29, 1.82) is 0 Å². The predicted octanol–water partition coefficient (Wildman–Crippen LogP) is 1.00. The molecule has 0 aliphatic carbocycles. The van der Waals surface area contributed by atoms with Crippen molar-refractivity contribution < 1.29 is 9.53 Å². The molecule has 1 unspecified atom stereocenters. The number of nitrogens with two attached hydrogens (primary N) is 1. The van der Waals surface area contributed by atoms with Crippen LogP contribution < -0.4 is 10.5 Å². The molecule has 1 aliphatic rings. The van der Waals surface area contributed by atoms with Gasteiger partial charge in [-0.25, -0.2) is 0 Å². The second kappa shape index (κ2) is 5.19. The zero-order valence-electron chi connectivity index (χ0n) is 10.1. The van der Waals surface area contributed by atoms with E-state index in [-0.39, 0.29) is 5.91 Å². The normalized spacial score (nSPS) is 19.8. The van der Waals surface area contributed by atoms with E-state index in [9.17, 15) is 4.79 Å². The van der Waals surface area contributed by atoms with Crippen LogP contribution in [0.4, 0.5) is 0 Å². The lowest BCUT2D eigenvalue weighted by Gasteiger charge is -2.16. The minimum atomic E-state index is 0.205. The lowest BCUT2D eigenvalue weighted by atomic mass is 10.1. The molecule has 1 aromatic rings. The van der Waals surface area contributed by atoms with Crippen molar-refractivity contribution in [3.8, 4) is 5.75 Å². The second-order valence-corrected chi connectivity index (χ2v) is 4.43. The number of benzene rings is 1. The summed E-state index contributed by atoms with van der Waals surface area (Å²) < 4.78 is 5.10. The molecule has 0 spiro atoms. The largest absolute Gasteiger partial charge is 0.497 e. The third kappa shape index (κ3) is 2.77. The van der Waals surface area contributed by atoms with Crippen LogP contribution in [0.2, 0.25) is 0 Å². The molecule has 1 saturated heterocycles. The van der Waals surface area contributed by atoms with Crippen molar-refractivity contribution in [2.24, 2.45) is 11.7 Å². The molecule has 4 nitrogen and oxygen atoms in total. The molecular weight excluding hydrogens is 216 g/mol. The van der Waals surface area contributed by atoms with Crippen LogP contribution in [0, 0.1) is 5.92 Å². The van der Waals surface area contributed by atoms with Crippen LogP contribution in [0.1, 0.15) is 12.0 Å². The second-order valence-electron chi connectivity index (χ2n) is 4.43. The standard InChI is InChI=1S/C13H18N2O2/c1-17-12-4-2-10(3-5-12)8-15-9-11(7-14)6-13(15)16/h2-5,11H,6-9,14H2,1H3. The summed E-state index contributed by atoms with van der Waals surface area (Å²) in [4.78, 5) is 13.6. The fourth-order valence-electron chi connectivity index (χ4n) is 2.12. The molecule has 0 aromatic heterocycles. The summed E-state index contributed by atoms with van der Waals surface area (Å²) in [6.07, 6.45) is 0.590. The van der Waals surface area contributed by atoms with Crippen molar-refractivity contribution in [1.82, 2.24) is 4.90 Å². The van der Waals surface area contributed by atoms with Crippen molar-refractivity contribution in [2.45, 2.75) is 13.0 Å². The first-order chi connectivity index (χ1) is 8.22. The Hall–Kier alpha value is -1.55. The van der Waals surface area contributed by atoms with Gasteiger partial charge in [-0.3, -0.25) is 4.79 Å². The fraction of sp³-hybridized carbons (Fsp3) is 0.462. The summed E-state index contributed by atoms with van der Waals surface area (Å²) in [6.45, 7) is 2.03. The summed E-state index contributed by atoms with van der Waals surface area (Å²) in [5.41, 5.74) is 6.72. The minimum Gasteiger partial charge on any atom is -0.497 e. The first kappa shape index (κ1) is 11.9. The number of hydrogen-bond donors (Lipinski definition) is 1. The van der Waals surface area contributed by atoms with Crippen molar-refractivity contribution >= 4 is 5.91 Å². The van der Waals surface area contributed by atoms with Gasteiger partial charge in [-0.05, 0) is 30.2 Å². The predicted molar refractivity (Wildman–Crippen MR) is 65.6 cm³/mol. The molecule has 4 heteroatoms. The molecule has 0 bridgehead atoms. The Morgan fingerprint density at radius 2 is 2.12 bits per heavy atom. The van der Waals surface area contributed by atoms with Crippen molar-refractivity contribution in [3.05, 3.63) is 29.8 Å². The van der Waals surface area contributed by atoms with E-state index < -0.39 is 0 Å². The molecule has 1 fully saturated rings. The third-order valence-corrected chi connectivity index (χ3v) is 3.16. The van der Waals surface area contributed by atoms with Gasteiger partial charge in [0.2, 0.25) is 5.91 Å². The molecule has 1 aliphatic heterocycles. The number of ether oxygens (including phenoxy) is 1. The van der Waals surface area contributed by atoms with Gasteiger partial charge in [-0.15, -0.1) is 0 Å². The van der Waals surface area contributed by atoms with Crippen LogP contribution in [0.15, 0.2) is 24.3 Å². The topological polar surface area (TPSA) is 55.6 Å². The number of rotatable bonds is 4. The molecule has 1 heterocycles. The van der Waals surface area contributed by atoms with Crippen molar-refractivity contribution in [2.75, 3.05) is 20.2 Å². The van der Waals surface area contributed by atoms with Gasteiger partial charge in [0, 0.05) is 19.5 Å². The number of methoxy groups -OCH3 is 1. The highest BCUT2D eigenvalue weighted by molar-refractivity contribution is 5.78. The molecule has 2 N–H and O–H groups in total. The third-order valence-electron chi connectivity index (χ3n) is 3.16. The summed E-state index contributed by atoms with van der Waals surface area (Å²) in [6, 6.07) is 7.80. The summed E-state index contributed by atoms with van der Waals surface area (Å²) >= 11 is 0. The Balaban J connectivity index is 1.98. The molecule has 2 rings (SSSR count). The lowest BCUT2D eigenvalue weighted by molar-refractivity contribution is -0.128. The Labute approximate surface area is 101 Å². The van der Waals surface area contributed by atoms with Gasteiger partial charge in [0.1, 0.15) is 5.75 Å². The maximum Gasteiger partial charge on any atom is 0.223 e. The van der Waals surface area contributed by atoms with Crippen LogP contribution in [0.3, 0.4) is 0 Å². The quantitative estimate of drug-likeness (QED) is 0.845. The summed E-state index contributed by atoms with van der Waals surface area (Å²) in [7, 11) is 1.64. The maximum atomic E-state index is 11.7. The van der Waals surface area contributed by atoms with E-state index in [0.717, 1.165) is 17.9 Å². The van der Waals surface area contributed by atoms with Crippen LogP contribution >= 0.6 is 0 Å². The van der Waals surface area contributed by atoms with Gasteiger partial charge in [0.15, 0.2) is 0 Å². The van der Waals surface area contributed by atoms with Gasteiger partial charge in [-0.2, -0.15) is 0 Å². The van der Waals surface area contributed by atoms with E-state index in [0.29, 0.717) is 25.4 Å². The Bertz CT molecular complexity index is 389. The van der Waals surface area contributed by atoms with Gasteiger partial charge < -0.3 is 15.4 Å². The molecule has 0 radical (unpaired) electrons. The van der Waals surface area contributed by atoms with Crippen LogP contribution in [-0.4, -0.2) is 31.0 Å². The number of carbonyl (C=O) groups excluding carboxylic acids is 1. The number of carbonyl (C=O) groups is 1. The Kier molecular flexibility index (Phi) is 3.64. The van der Waals surface area contributed by atoms with E-state index >= 15 is 0 Å². The van der Waals surface area contributed by atoms with E-state index in [1.807, 2.05) is 29.2 Å². The van der Waals surface area contributed by atoms with E-state index in [2.05, 4.69) is 0 Å². The zero-order valence-corrected chi connectivity index (χ0v) is 10.1. The van der Waals surface area contributed by atoms with Crippen LogP contribution in [0.5, 0.6) is 5.75 Å². The number of likely N-dealkylation sites (tertiary alicyclic amines) is 1. The smallest absolute Gasteiger partial charge is 0.223 e. The van der Waals surface area contributed by atoms with E-state index in [4.69, 9.17) is 10.5 Å². The SMILES string of the molecule is COc1ccc(CN2CC(CN)CC2=O)cc1. The zero-order chi connectivity index (χ0) is 12.3. The van der Waals surface area contributed by atoms with Gasteiger partial charge in [0.05, 0.1) is 7.11 Å². The number of hydrogen-bond acceptors (Lipinski definition) is 3. The Morgan fingerprint density at radius 1 is 1.41 bits per heavy atom. The number of amides is 1. The molecular formula is C13H18N2O2. The van der Waals surface area contributed by atoms with E-state index in [1.54, 1.807) is 7.11 Å². The van der Waals surface area contributed by atoms with Crippen molar-refractivity contribution in [3.63, 3.8) is 0 Å². The number of nitrogens with zero attached hydrogens (tertiary/aromatic N) is 1. The van der Waals surface area contributed by atoms with Gasteiger partial charge in [0.25, 0.3) is 0 Å². The van der Waals surface area contributed by atoms with Gasteiger partial charge in [-0.1, -0.05) is 12.1 Å².